The molecule has 2 heterocycles. The van der Waals surface area contributed by atoms with Crippen LogP contribution in [0.3, 0.4) is 0 Å². The molecule has 2 N–H and O–H groups in total. The fourth-order valence-electron chi connectivity index (χ4n) is 3.16. The number of benzene rings is 1. The average molecular weight is 401 g/mol. The monoisotopic (exact) mass is 400 g/mol. The largest absolute Gasteiger partial charge is 0.384 e. The van der Waals surface area contributed by atoms with Gasteiger partial charge in [0.15, 0.2) is 0 Å². The fraction of sp³-hybridized carbons (Fsp3) is 0.500. The fourth-order valence-corrected chi connectivity index (χ4v) is 3.33. The minimum atomic E-state index is -0.206. The minimum Gasteiger partial charge on any atom is -0.384 e. The summed E-state index contributed by atoms with van der Waals surface area (Å²) in [6.07, 6.45) is 3.35. The van der Waals surface area contributed by atoms with Crippen molar-refractivity contribution in [3.05, 3.63) is 35.1 Å². The van der Waals surface area contributed by atoms with E-state index in [9.17, 15) is 4.79 Å². The highest BCUT2D eigenvalue weighted by molar-refractivity contribution is 6.31. The molecule has 0 spiro atoms. The van der Waals surface area contributed by atoms with Crippen LogP contribution in [0.2, 0.25) is 5.02 Å². The number of nitrogens with zero attached hydrogens (tertiary/aromatic N) is 4. The molecule has 0 saturated carbocycles. The lowest BCUT2D eigenvalue weighted by Gasteiger charge is -2.37. The summed E-state index contributed by atoms with van der Waals surface area (Å²) in [6.45, 7) is 3.01. The van der Waals surface area contributed by atoms with E-state index in [-0.39, 0.29) is 23.7 Å². The van der Waals surface area contributed by atoms with Crippen LogP contribution in [0, 0.1) is 5.41 Å². The van der Waals surface area contributed by atoms with E-state index in [0.29, 0.717) is 29.4 Å². The van der Waals surface area contributed by atoms with Gasteiger partial charge in [-0.1, -0.05) is 11.6 Å². The molecular weight excluding hydrogens is 379 g/mol. The van der Waals surface area contributed by atoms with Gasteiger partial charge in [0.05, 0.1) is 17.9 Å². The summed E-state index contributed by atoms with van der Waals surface area (Å²) < 4.78 is 6.84. The zero-order chi connectivity index (χ0) is 17.7. The Balaban J connectivity index is 0.00000243. The van der Waals surface area contributed by atoms with Gasteiger partial charge in [-0.2, -0.15) is 4.68 Å². The Labute approximate surface area is 163 Å². The molecule has 1 aromatic carbocycles. The number of carbonyl (C=O) groups is 1. The number of rotatable bonds is 6. The third-order valence-electron chi connectivity index (χ3n) is 4.54. The van der Waals surface area contributed by atoms with Gasteiger partial charge >= 0.3 is 0 Å². The van der Waals surface area contributed by atoms with Crippen LogP contribution in [-0.2, 0) is 4.74 Å². The number of aromatic nitrogens is 4. The van der Waals surface area contributed by atoms with Crippen LogP contribution >= 0.6 is 24.0 Å². The quantitative estimate of drug-likeness (QED) is 0.762. The summed E-state index contributed by atoms with van der Waals surface area (Å²) in [7, 11) is 1.69. The van der Waals surface area contributed by atoms with Gasteiger partial charge in [0.1, 0.15) is 6.33 Å². The molecule has 142 valence electrons. The molecule has 8 nitrogen and oxygen atoms in total. The number of halogens is 2. The number of piperidine rings is 1. The van der Waals surface area contributed by atoms with Gasteiger partial charge in [-0.3, -0.25) is 4.79 Å². The maximum atomic E-state index is 12.8. The first kappa shape index (κ1) is 20.6. The highest BCUT2D eigenvalue weighted by Gasteiger charge is 2.32. The molecule has 1 aliphatic rings. The molecule has 0 unspecified atom stereocenters. The second-order valence-corrected chi connectivity index (χ2v) is 6.72. The van der Waals surface area contributed by atoms with E-state index in [1.807, 2.05) is 0 Å². The molecule has 1 aliphatic heterocycles. The third kappa shape index (κ3) is 4.70. The van der Waals surface area contributed by atoms with Gasteiger partial charge in [0, 0.05) is 24.1 Å². The molecular formula is C16H22Cl2N6O2. The molecule has 0 bridgehead atoms. The van der Waals surface area contributed by atoms with Crippen molar-refractivity contribution in [2.45, 2.75) is 12.8 Å². The lowest BCUT2D eigenvalue weighted by molar-refractivity contribution is 0.0511. The van der Waals surface area contributed by atoms with E-state index < -0.39 is 0 Å². The number of methoxy groups -OCH3 is 1. The number of ether oxygens (including phenoxy) is 1. The topological polar surface area (TPSA) is 94.0 Å². The highest BCUT2D eigenvalue weighted by Crippen LogP contribution is 2.28. The molecule has 0 radical (unpaired) electrons. The van der Waals surface area contributed by atoms with Crippen molar-refractivity contribution in [3.63, 3.8) is 0 Å². The lowest BCUT2D eigenvalue weighted by atomic mass is 9.79. The summed E-state index contributed by atoms with van der Waals surface area (Å²) >= 11 is 6.08. The third-order valence-corrected chi connectivity index (χ3v) is 4.77. The summed E-state index contributed by atoms with van der Waals surface area (Å²) in [6, 6.07) is 5.05. The normalized spacial score (nSPS) is 15.9. The van der Waals surface area contributed by atoms with Gasteiger partial charge < -0.3 is 15.4 Å². The van der Waals surface area contributed by atoms with Crippen LogP contribution in [0.1, 0.15) is 23.2 Å². The van der Waals surface area contributed by atoms with E-state index in [1.54, 1.807) is 25.3 Å². The first-order chi connectivity index (χ1) is 12.1. The molecule has 10 heteroatoms. The van der Waals surface area contributed by atoms with E-state index >= 15 is 0 Å². The summed E-state index contributed by atoms with van der Waals surface area (Å²) in [5, 5.41) is 18.0. The summed E-state index contributed by atoms with van der Waals surface area (Å²) in [5.74, 6) is -0.206. The number of carbonyl (C=O) groups excluding carboxylic acids is 1. The van der Waals surface area contributed by atoms with Crippen LogP contribution < -0.4 is 10.6 Å². The summed E-state index contributed by atoms with van der Waals surface area (Å²) in [5.41, 5.74) is 0.961. The zero-order valence-corrected chi connectivity index (χ0v) is 16.0. The number of hydrogen-bond donors (Lipinski definition) is 2. The molecule has 0 aliphatic carbocycles. The molecule has 1 fully saturated rings. The second-order valence-electron chi connectivity index (χ2n) is 6.28. The average Bonchev–Trinajstić information content (AvgIpc) is 3.15. The Kier molecular flexibility index (Phi) is 7.33. The van der Waals surface area contributed by atoms with E-state index in [4.69, 9.17) is 16.3 Å². The molecule has 3 rings (SSSR count). The number of hydrogen-bond acceptors (Lipinski definition) is 6. The van der Waals surface area contributed by atoms with Crippen molar-refractivity contribution in [3.8, 4) is 5.69 Å². The van der Waals surface area contributed by atoms with E-state index in [2.05, 4.69) is 26.2 Å². The van der Waals surface area contributed by atoms with Gasteiger partial charge in [0.2, 0.25) is 0 Å². The maximum Gasteiger partial charge on any atom is 0.253 e. The van der Waals surface area contributed by atoms with Crippen LogP contribution in [-0.4, -0.2) is 59.5 Å². The Hall–Kier alpha value is -1.74. The first-order valence-electron chi connectivity index (χ1n) is 8.14. The van der Waals surface area contributed by atoms with Gasteiger partial charge in [-0.05, 0) is 54.6 Å². The molecule has 1 aromatic heterocycles. The van der Waals surface area contributed by atoms with Gasteiger partial charge in [-0.15, -0.1) is 17.5 Å². The van der Waals surface area contributed by atoms with Crippen molar-refractivity contribution in [2.75, 3.05) is 33.4 Å². The minimum absolute atomic E-state index is 0. The van der Waals surface area contributed by atoms with Crippen molar-refractivity contribution in [2.24, 2.45) is 5.41 Å². The van der Waals surface area contributed by atoms with Crippen molar-refractivity contribution in [1.82, 2.24) is 30.8 Å². The van der Waals surface area contributed by atoms with Crippen LogP contribution in [0.5, 0.6) is 0 Å². The number of amides is 1. The Morgan fingerprint density at radius 1 is 1.42 bits per heavy atom. The zero-order valence-electron chi connectivity index (χ0n) is 14.4. The lowest BCUT2D eigenvalue weighted by Crippen LogP contribution is -2.47. The van der Waals surface area contributed by atoms with Gasteiger partial charge in [-0.25, -0.2) is 0 Å². The van der Waals surface area contributed by atoms with E-state index in [1.165, 1.54) is 11.0 Å². The van der Waals surface area contributed by atoms with Gasteiger partial charge in [0.25, 0.3) is 5.91 Å². The van der Waals surface area contributed by atoms with Crippen molar-refractivity contribution >= 4 is 29.9 Å². The Morgan fingerprint density at radius 3 is 2.85 bits per heavy atom. The van der Waals surface area contributed by atoms with Crippen LogP contribution in [0.15, 0.2) is 24.5 Å². The SMILES string of the molecule is COCC1(CNC(=O)c2cc(Cl)ccc2-n2cnnn2)CCNCC1.Cl. The molecule has 1 amide bonds. The van der Waals surface area contributed by atoms with Crippen LogP contribution in [0.25, 0.3) is 5.69 Å². The Bertz CT molecular complexity index is 714. The van der Waals surface area contributed by atoms with Crippen LogP contribution in [0.4, 0.5) is 0 Å². The molecule has 0 atom stereocenters. The summed E-state index contributed by atoms with van der Waals surface area (Å²) in [4.78, 5) is 12.8. The molecule has 2 aromatic rings. The first-order valence-corrected chi connectivity index (χ1v) is 8.52. The second kappa shape index (κ2) is 9.27. The molecule has 1 saturated heterocycles. The maximum absolute atomic E-state index is 12.8. The highest BCUT2D eigenvalue weighted by atomic mass is 35.5. The predicted octanol–water partition coefficient (Wildman–Crippen LogP) is 1.48. The van der Waals surface area contributed by atoms with Crippen molar-refractivity contribution < 1.29 is 9.53 Å². The predicted molar refractivity (Wildman–Crippen MR) is 100 cm³/mol. The smallest absolute Gasteiger partial charge is 0.253 e. The number of nitrogens with one attached hydrogen (secondary N) is 2. The molecule has 26 heavy (non-hydrogen) atoms. The number of tetrazole rings is 1. The standard InChI is InChI=1S/C16H21ClN6O2.ClH/c1-25-10-16(4-6-18-7-5-16)9-19-15(24)13-8-12(17)2-3-14(13)23-11-20-21-22-23;/h2-3,8,11,18H,4-7,9-10H2,1H3,(H,19,24);1H. The van der Waals surface area contributed by atoms with Crippen molar-refractivity contribution in [1.29, 1.82) is 0 Å². The Morgan fingerprint density at radius 2 is 2.19 bits per heavy atom. The van der Waals surface area contributed by atoms with E-state index in [0.717, 1.165) is 25.9 Å².